The summed E-state index contributed by atoms with van der Waals surface area (Å²) in [6, 6.07) is 0. The van der Waals surface area contributed by atoms with Crippen LogP contribution in [0.3, 0.4) is 0 Å². The van der Waals surface area contributed by atoms with Crippen molar-refractivity contribution in [2.24, 2.45) is 0 Å². The summed E-state index contributed by atoms with van der Waals surface area (Å²) < 4.78 is 35.3. The molecule has 0 amide bonds. The second-order valence-electron chi connectivity index (χ2n) is 12.1. The third-order valence-electron chi connectivity index (χ3n) is 6.59. The zero-order valence-corrected chi connectivity index (χ0v) is 27.1. The average Bonchev–Trinajstić information content (AvgIpc) is 2.69. The molecule has 0 aliphatic heterocycles. The molecule has 0 fully saturated rings. The van der Waals surface area contributed by atoms with Gasteiger partial charge in [0.2, 0.25) is 0 Å². The molecular weight excluding hydrogens is 491 g/mol. The second kappa shape index (κ2) is 15.4. The van der Waals surface area contributed by atoms with Crippen molar-refractivity contribution in [3.63, 3.8) is 0 Å². The Morgan fingerprint density at radius 2 is 0.632 bits per heavy atom. The van der Waals surface area contributed by atoms with Gasteiger partial charge in [-0.25, -0.2) is 4.57 Å². The van der Waals surface area contributed by atoms with E-state index in [4.69, 9.17) is 13.6 Å². The predicted molar refractivity (Wildman–Crippen MR) is 167 cm³/mol. The Kier molecular flexibility index (Phi) is 14.8. The Labute approximate surface area is 235 Å². The average molecular weight is 549 g/mol. The summed E-state index contributed by atoms with van der Waals surface area (Å²) in [5, 5.41) is 0. The Morgan fingerprint density at radius 3 is 0.737 bits per heavy atom. The fourth-order valence-electron chi connectivity index (χ4n) is 5.39. The van der Waals surface area contributed by atoms with Crippen LogP contribution in [0.4, 0.5) is 0 Å². The van der Waals surface area contributed by atoms with Crippen LogP contribution in [0, 0.1) is 0 Å². The van der Waals surface area contributed by atoms with Gasteiger partial charge in [0.05, 0.1) is 16.8 Å². The minimum Gasteiger partial charge on any atom is -0.279 e. The van der Waals surface area contributed by atoms with Crippen molar-refractivity contribution in [1.82, 2.24) is 0 Å². The van der Waals surface area contributed by atoms with Crippen LogP contribution in [-0.4, -0.2) is 16.8 Å². The maximum atomic E-state index is 15.2. The zero-order valence-electron chi connectivity index (χ0n) is 26.2. The van der Waals surface area contributed by atoms with E-state index in [1.54, 1.807) is 0 Å². The van der Waals surface area contributed by atoms with Gasteiger partial charge >= 0.3 is 7.82 Å². The van der Waals surface area contributed by atoms with Crippen LogP contribution in [-0.2, 0) is 18.1 Å². The van der Waals surface area contributed by atoms with Crippen molar-refractivity contribution in [2.45, 2.75) is 137 Å². The summed E-state index contributed by atoms with van der Waals surface area (Å²) in [6.45, 7) is 42.6. The first-order valence-electron chi connectivity index (χ1n) is 13.9. The lowest BCUT2D eigenvalue weighted by Gasteiger charge is -2.44. The minimum absolute atomic E-state index is 0.507. The Hall–Kier alpha value is -1.45. The molecule has 0 aromatic rings. The van der Waals surface area contributed by atoms with Crippen LogP contribution < -0.4 is 0 Å². The summed E-state index contributed by atoms with van der Waals surface area (Å²) in [5.41, 5.74) is 3.03. The molecule has 0 rings (SSSR count). The molecule has 38 heavy (non-hydrogen) atoms. The molecule has 0 saturated carbocycles. The molecule has 0 spiro atoms. The van der Waals surface area contributed by atoms with Gasteiger partial charge in [0, 0.05) is 0 Å². The van der Waals surface area contributed by atoms with Gasteiger partial charge in [0.1, 0.15) is 0 Å². The van der Waals surface area contributed by atoms with Gasteiger partial charge in [-0.3, -0.25) is 13.6 Å². The molecule has 218 valence electrons. The molecule has 0 aliphatic carbocycles. The van der Waals surface area contributed by atoms with Crippen LogP contribution in [0.1, 0.15) is 120 Å². The molecule has 0 radical (unpaired) electrons. The fourth-order valence-corrected chi connectivity index (χ4v) is 7.70. The van der Waals surface area contributed by atoms with Gasteiger partial charge in [0.25, 0.3) is 0 Å². The number of rotatable bonds is 21. The summed E-state index contributed by atoms with van der Waals surface area (Å²) in [4.78, 5) is 0. The first kappa shape index (κ1) is 36.5. The molecule has 4 nitrogen and oxygen atoms in total. The van der Waals surface area contributed by atoms with E-state index in [-0.39, 0.29) is 0 Å². The largest absolute Gasteiger partial charge is 0.476 e. The molecule has 0 atom stereocenters. The lowest BCUT2D eigenvalue weighted by molar-refractivity contribution is -0.0712. The highest BCUT2D eigenvalue weighted by molar-refractivity contribution is 7.48. The fraction of sp³-hybridized carbons (Fsp3) is 0.636. The lowest BCUT2D eigenvalue weighted by atomic mass is 9.87. The van der Waals surface area contributed by atoms with Crippen LogP contribution in [0.25, 0.3) is 0 Å². The van der Waals surface area contributed by atoms with E-state index in [0.717, 1.165) is 33.4 Å². The zero-order chi connectivity index (χ0) is 29.9. The summed E-state index contributed by atoms with van der Waals surface area (Å²) in [7, 11) is -4.22. The van der Waals surface area contributed by atoms with Crippen molar-refractivity contribution in [3.8, 4) is 0 Å². The highest BCUT2D eigenvalue weighted by Gasteiger charge is 2.50. The van der Waals surface area contributed by atoms with Crippen molar-refractivity contribution in [1.29, 1.82) is 0 Å². The molecule has 0 N–H and O–H groups in total. The lowest BCUT2D eigenvalue weighted by Crippen LogP contribution is -2.40. The molecule has 0 aromatic heterocycles. The first-order chi connectivity index (χ1) is 17.3. The molecule has 0 saturated heterocycles. The Balaban J connectivity index is 7.23. The topological polar surface area (TPSA) is 44.8 Å². The van der Waals surface area contributed by atoms with E-state index < -0.39 is 24.6 Å². The summed E-state index contributed by atoms with van der Waals surface area (Å²) >= 11 is 0. The van der Waals surface area contributed by atoms with Crippen molar-refractivity contribution < 1.29 is 18.1 Å². The van der Waals surface area contributed by atoms with Gasteiger partial charge in [-0.15, -0.1) is 39.5 Å². The standard InChI is InChI=1S/C33H57O4P/c1-16-31(19-25(4)5,20-26(6)7)35-38(34,36-32(17-2,21-27(8)9)22-28(10)11)37-33(18-3,23-29(12)13)24-30(14)15/h4,6,8,10,12,14,16-24H2,1-3,5,7,9,11,13,15H3. The van der Waals surface area contributed by atoms with Crippen molar-refractivity contribution >= 4 is 7.82 Å². The maximum Gasteiger partial charge on any atom is 0.476 e. The van der Waals surface area contributed by atoms with E-state index in [2.05, 4.69) is 39.5 Å². The molecule has 5 heteroatoms. The van der Waals surface area contributed by atoms with Gasteiger partial charge in [-0.05, 0) is 99.3 Å². The first-order valence-corrected chi connectivity index (χ1v) is 15.3. The summed E-state index contributed by atoms with van der Waals surface area (Å²) in [5.74, 6) is 0. The van der Waals surface area contributed by atoms with Gasteiger partial charge < -0.3 is 0 Å². The van der Waals surface area contributed by atoms with Gasteiger partial charge in [-0.1, -0.05) is 54.2 Å². The molecule has 0 unspecified atom stereocenters. The number of hydrogen-bond donors (Lipinski definition) is 0. The molecule has 0 bridgehead atoms. The van der Waals surface area contributed by atoms with E-state index in [1.807, 2.05) is 62.3 Å². The molecular formula is C33H57O4P. The van der Waals surface area contributed by atoms with Gasteiger partial charge in [-0.2, -0.15) is 0 Å². The van der Waals surface area contributed by atoms with Crippen molar-refractivity contribution in [3.05, 3.63) is 72.9 Å². The monoisotopic (exact) mass is 548 g/mol. The van der Waals surface area contributed by atoms with Crippen LogP contribution >= 0.6 is 7.82 Å². The number of phosphoric acid groups is 1. The third-order valence-corrected chi connectivity index (χ3v) is 8.43. The van der Waals surface area contributed by atoms with Crippen LogP contribution in [0.2, 0.25) is 0 Å². The van der Waals surface area contributed by atoms with Crippen LogP contribution in [0.5, 0.6) is 0 Å². The number of hydrogen-bond acceptors (Lipinski definition) is 4. The third kappa shape index (κ3) is 12.6. The normalized spacial score (nSPS) is 12.8. The highest BCUT2D eigenvalue weighted by atomic mass is 31.2. The van der Waals surface area contributed by atoms with E-state index in [9.17, 15) is 0 Å². The van der Waals surface area contributed by atoms with E-state index in [1.165, 1.54) is 0 Å². The molecule has 0 aromatic carbocycles. The quantitative estimate of drug-likeness (QED) is 0.106. The maximum absolute atomic E-state index is 15.2. The minimum atomic E-state index is -4.22. The summed E-state index contributed by atoms with van der Waals surface area (Å²) in [6.07, 6.45) is 4.80. The molecule has 0 aliphatic rings. The van der Waals surface area contributed by atoms with Crippen molar-refractivity contribution in [2.75, 3.05) is 0 Å². The Bertz CT molecular complexity index is 772. The molecule has 0 heterocycles. The van der Waals surface area contributed by atoms with Gasteiger partial charge in [0.15, 0.2) is 0 Å². The second-order valence-corrected chi connectivity index (χ2v) is 13.6. The van der Waals surface area contributed by atoms with Crippen LogP contribution in [0.15, 0.2) is 72.9 Å². The number of phosphoric ester groups is 1. The van der Waals surface area contributed by atoms with E-state index >= 15 is 4.57 Å². The Morgan fingerprint density at radius 1 is 0.474 bits per heavy atom. The smallest absolute Gasteiger partial charge is 0.279 e. The highest BCUT2D eigenvalue weighted by Crippen LogP contribution is 2.63. The van der Waals surface area contributed by atoms with E-state index in [0.29, 0.717) is 57.8 Å². The predicted octanol–water partition coefficient (Wildman–Crippen LogP) is 11.4. The SMILES string of the molecule is C=C(C)CC(CC)(CC(=C)C)OP(=O)(OC(CC)(CC(=C)C)CC(=C)C)OC(CC)(CC(=C)C)CC(=C)C.